The molecule has 8 nitrogen and oxygen atoms in total. The van der Waals surface area contributed by atoms with E-state index in [4.69, 9.17) is 0 Å². The van der Waals surface area contributed by atoms with Crippen LogP contribution in [0.4, 0.5) is 0 Å². The number of rotatable bonds is 5. The van der Waals surface area contributed by atoms with Crippen LogP contribution in [-0.2, 0) is 16.1 Å². The van der Waals surface area contributed by atoms with Gasteiger partial charge < -0.3 is 10.6 Å². The normalized spacial score (nSPS) is 25.1. The maximum absolute atomic E-state index is 12.8. The van der Waals surface area contributed by atoms with Crippen molar-refractivity contribution in [3.8, 4) is 0 Å². The SMILES string of the molecule is O=C1CCC(N2C(=O)c3ccc(CNCC4CCCNC4)cc3C2=O)C(=O)N1. The lowest BCUT2D eigenvalue weighted by Gasteiger charge is -2.27. The van der Waals surface area contributed by atoms with Crippen molar-refractivity contribution in [1.29, 1.82) is 0 Å². The number of hydrogen-bond donors (Lipinski definition) is 3. The summed E-state index contributed by atoms with van der Waals surface area (Å²) in [4.78, 5) is 49.9. The second kappa shape index (κ2) is 7.81. The van der Waals surface area contributed by atoms with Crippen LogP contribution in [-0.4, -0.2) is 54.2 Å². The van der Waals surface area contributed by atoms with E-state index >= 15 is 0 Å². The Labute approximate surface area is 163 Å². The van der Waals surface area contributed by atoms with Crippen LogP contribution in [0, 0.1) is 5.92 Å². The molecule has 4 amide bonds. The maximum Gasteiger partial charge on any atom is 0.262 e. The maximum atomic E-state index is 12.8. The van der Waals surface area contributed by atoms with Gasteiger partial charge in [-0.2, -0.15) is 0 Å². The van der Waals surface area contributed by atoms with Gasteiger partial charge in [-0.3, -0.25) is 29.4 Å². The van der Waals surface area contributed by atoms with E-state index in [0.29, 0.717) is 23.6 Å². The van der Waals surface area contributed by atoms with Crippen LogP contribution >= 0.6 is 0 Å². The van der Waals surface area contributed by atoms with Gasteiger partial charge in [0.05, 0.1) is 11.1 Å². The minimum atomic E-state index is -0.925. The van der Waals surface area contributed by atoms with Gasteiger partial charge in [0.25, 0.3) is 11.8 Å². The van der Waals surface area contributed by atoms with Crippen LogP contribution < -0.4 is 16.0 Å². The number of piperidine rings is 2. The molecule has 2 unspecified atom stereocenters. The summed E-state index contributed by atoms with van der Waals surface area (Å²) in [5.41, 5.74) is 1.57. The Morgan fingerprint density at radius 3 is 2.64 bits per heavy atom. The highest BCUT2D eigenvalue weighted by Crippen LogP contribution is 2.28. The molecule has 1 aromatic rings. The Bertz CT molecular complexity index is 831. The predicted molar refractivity (Wildman–Crippen MR) is 100 cm³/mol. The molecule has 28 heavy (non-hydrogen) atoms. The van der Waals surface area contributed by atoms with Gasteiger partial charge in [0, 0.05) is 13.0 Å². The number of carbonyl (C=O) groups excluding carboxylic acids is 4. The highest BCUT2D eigenvalue weighted by molar-refractivity contribution is 6.23. The van der Waals surface area contributed by atoms with Gasteiger partial charge in [-0.25, -0.2) is 0 Å². The Morgan fingerprint density at radius 2 is 1.89 bits per heavy atom. The topological polar surface area (TPSA) is 108 Å². The Balaban J connectivity index is 1.43. The van der Waals surface area contributed by atoms with E-state index < -0.39 is 23.8 Å². The molecule has 148 valence electrons. The van der Waals surface area contributed by atoms with Crippen molar-refractivity contribution < 1.29 is 19.2 Å². The molecule has 2 saturated heterocycles. The first-order valence-corrected chi connectivity index (χ1v) is 9.80. The first-order valence-electron chi connectivity index (χ1n) is 9.80. The molecule has 0 spiro atoms. The fraction of sp³-hybridized carbons (Fsp3) is 0.500. The van der Waals surface area contributed by atoms with Crippen LogP contribution in [0.1, 0.15) is 52.0 Å². The van der Waals surface area contributed by atoms with Crippen molar-refractivity contribution in [2.75, 3.05) is 19.6 Å². The Hall–Kier alpha value is -2.58. The number of nitrogens with zero attached hydrogens (tertiary/aromatic N) is 1. The minimum Gasteiger partial charge on any atom is -0.316 e. The molecule has 0 radical (unpaired) electrons. The lowest BCUT2D eigenvalue weighted by molar-refractivity contribution is -0.136. The fourth-order valence-corrected chi connectivity index (χ4v) is 4.15. The molecule has 3 aliphatic heterocycles. The molecule has 3 aliphatic rings. The van der Waals surface area contributed by atoms with Crippen molar-refractivity contribution in [2.24, 2.45) is 5.92 Å². The van der Waals surface area contributed by atoms with E-state index in [1.165, 1.54) is 12.8 Å². The van der Waals surface area contributed by atoms with E-state index in [1.54, 1.807) is 12.1 Å². The van der Waals surface area contributed by atoms with E-state index in [9.17, 15) is 19.2 Å². The first-order chi connectivity index (χ1) is 13.5. The largest absolute Gasteiger partial charge is 0.316 e. The molecule has 0 saturated carbocycles. The second-order valence-corrected chi connectivity index (χ2v) is 7.67. The van der Waals surface area contributed by atoms with E-state index in [2.05, 4.69) is 16.0 Å². The highest BCUT2D eigenvalue weighted by Gasteiger charge is 2.44. The zero-order valence-corrected chi connectivity index (χ0v) is 15.6. The highest BCUT2D eigenvalue weighted by atomic mass is 16.2. The summed E-state index contributed by atoms with van der Waals surface area (Å²) in [5.74, 6) is -1.29. The van der Waals surface area contributed by atoms with Gasteiger partial charge in [0.2, 0.25) is 11.8 Å². The summed E-state index contributed by atoms with van der Waals surface area (Å²) >= 11 is 0. The Morgan fingerprint density at radius 1 is 1.07 bits per heavy atom. The van der Waals surface area contributed by atoms with E-state index in [-0.39, 0.29) is 18.7 Å². The van der Waals surface area contributed by atoms with Crippen LogP contribution in [0.5, 0.6) is 0 Å². The van der Waals surface area contributed by atoms with Crippen molar-refractivity contribution >= 4 is 23.6 Å². The van der Waals surface area contributed by atoms with Crippen molar-refractivity contribution in [2.45, 2.75) is 38.3 Å². The third kappa shape index (κ3) is 3.57. The third-order valence-corrected chi connectivity index (χ3v) is 5.67. The number of benzene rings is 1. The lowest BCUT2D eigenvalue weighted by atomic mass is 9.99. The van der Waals surface area contributed by atoms with Gasteiger partial charge in [-0.1, -0.05) is 6.07 Å². The van der Waals surface area contributed by atoms with Gasteiger partial charge >= 0.3 is 0 Å². The summed E-state index contributed by atoms with van der Waals surface area (Å²) in [5, 5.41) is 9.02. The zero-order valence-electron chi connectivity index (χ0n) is 15.6. The molecule has 3 N–H and O–H groups in total. The summed E-state index contributed by atoms with van der Waals surface area (Å²) in [6, 6.07) is 4.30. The number of amides is 4. The standard InChI is InChI=1S/C20H24N4O4/c25-17-6-5-16(18(26)23-17)24-19(27)14-4-3-12(8-15(14)20(24)28)9-22-11-13-2-1-7-21-10-13/h3-4,8,13,16,21-22H,1-2,5-7,9-11H2,(H,23,25,26). The molecule has 0 aromatic heterocycles. The average Bonchev–Trinajstić information content (AvgIpc) is 2.93. The number of nitrogens with one attached hydrogen (secondary N) is 3. The summed E-state index contributed by atoms with van der Waals surface area (Å²) in [6.45, 7) is 3.62. The van der Waals surface area contributed by atoms with Crippen LogP contribution in [0.15, 0.2) is 18.2 Å². The average molecular weight is 384 g/mol. The molecule has 4 rings (SSSR count). The molecule has 3 heterocycles. The number of imide groups is 2. The summed E-state index contributed by atoms with van der Waals surface area (Å²) in [6.07, 6.45) is 2.69. The fourth-order valence-electron chi connectivity index (χ4n) is 4.15. The van der Waals surface area contributed by atoms with E-state index in [1.807, 2.05) is 6.07 Å². The third-order valence-electron chi connectivity index (χ3n) is 5.67. The molecule has 2 atom stereocenters. The quantitative estimate of drug-likeness (QED) is 0.625. The predicted octanol–water partition coefficient (Wildman–Crippen LogP) is 0.177. The number of carbonyl (C=O) groups is 4. The molecule has 8 heteroatoms. The van der Waals surface area contributed by atoms with Crippen molar-refractivity contribution in [3.63, 3.8) is 0 Å². The molecular formula is C20H24N4O4. The smallest absolute Gasteiger partial charge is 0.262 e. The van der Waals surface area contributed by atoms with Crippen LogP contribution in [0.2, 0.25) is 0 Å². The molecule has 0 bridgehead atoms. The van der Waals surface area contributed by atoms with Crippen LogP contribution in [0.3, 0.4) is 0 Å². The summed E-state index contributed by atoms with van der Waals surface area (Å²) < 4.78 is 0. The molecule has 1 aromatic carbocycles. The first kappa shape index (κ1) is 18.8. The number of fused-ring (bicyclic) bond motifs is 1. The van der Waals surface area contributed by atoms with Gasteiger partial charge in [0.15, 0.2) is 0 Å². The van der Waals surface area contributed by atoms with Gasteiger partial charge in [0.1, 0.15) is 6.04 Å². The Kier molecular flexibility index (Phi) is 5.23. The number of hydrogen-bond acceptors (Lipinski definition) is 6. The molecule has 0 aliphatic carbocycles. The monoisotopic (exact) mass is 384 g/mol. The summed E-state index contributed by atoms with van der Waals surface area (Å²) in [7, 11) is 0. The van der Waals surface area contributed by atoms with Crippen molar-refractivity contribution in [1.82, 2.24) is 20.9 Å². The lowest BCUT2D eigenvalue weighted by Crippen LogP contribution is -2.54. The molecular weight excluding hydrogens is 360 g/mol. The van der Waals surface area contributed by atoms with Crippen molar-refractivity contribution in [3.05, 3.63) is 34.9 Å². The zero-order chi connectivity index (χ0) is 19.7. The van der Waals surface area contributed by atoms with Crippen LogP contribution in [0.25, 0.3) is 0 Å². The molecule has 2 fully saturated rings. The minimum absolute atomic E-state index is 0.120. The van der Waals surface area contributed by atoms with Gasteiger partial charge in [-0.05, 0) is 62.5 Å². The van der Waals surface area contributed by atoms with Gasteiger partial charge in [-0.15, -0.1) is 0 Å². The van der Waals surface area contributed by atoms with E-state index in [0.717, 1.165) is 30.1 Å². The second-order valence-electron chi connectivity index (χ2n) is 7.67.